The van der Waals surface area contributed by atoms with Gasteiger partial charge in [0, 0.05) is 6.54 Å². The Morgan fingerprint density at radius 3 is 2.60 bits per heavy atom. The van der Waals surface area contributed by atoms with Crippen LogP contribution < -0.4 is 0 Å². The number of amides is 1. The molecule has 0 radical (unpaired) electrons. The van der Waals surface area contributed by atoms with Gasteiger partial charge in [-0.05, 0) is 33.6 Å². The molecule has 1 rings (SSSR count). The minimum atomic E-state index is -1.21. The largest absolute Gasteiger partial charge is 0.444 e. The van der Waals surface area contributed by atoms with E-state index in [-0.39, 0.29) is 0 Å². The summed E-state index contributed by atoms with van der Waals surface area (Å²) in [6.45, 7) is 5.80. The molecule has 1 heterocycles. The molecule has 1 aliphatic heterocycles. The zero-order valence-electron chi connectivity index (χ0n) is 9.25. The number of ether oxygens (including phenoxy) is 1. The van der Waals surface area contributed by atoms with E-state index < -0.39 is 16.7 Å². The lowest BCUT2D eigenvalue weighted by Gasteiger charge is -2.30. The van der Waals surface area contributed by atoms with E-state index in [1.165, 1.54) is 4.90 Å². The highest BCUT2D eigenvalue weighted by atomic mass is 35.5. The Bertz CT molecular complexity index is 274. The molecule has 1 saturated heterocycles. The van der Waals surface area contributed by atoms with Gasteiger partial charge in [-0.3, -0.25) is 9.69 Å². The van der Waals surface area contributed by atoms with Crippen LogP contribution in [0.1, 0.15) is 33.6 Å². The van der Waals surface area contributed by atoms with E-state index >= 15 is 0 Å². The number of hydrogen-bond acceptors (Lipinski definition) is 3. The van der Waals surface area contributed by atoms with Crippen LogP contribution in [0, 0.1) is 0 Å². The van der Waals surface area contributed by atoms with E-state index in [2.05, 4.69) is 0 Å². The Morgan fingerprint density at radius 1 is 1.53 bits per heavy atom. The zero-order valence-corrected chi connectivity index (χ0v) is 10.0. The van der Waals surface area contributed by atoms with Crippen LogP contribution in [0.25, 0.3) is 0 Å². The second kappa shape index (κ2) is 4.00. The van der Waals surface area contributed by atoms with Crippen molar-refractivity contribution in [3.8, 4) is 0 Å². The van der Waals surface area contributed by atoms with Crippen LogP contribution in [0.4, 0.5) is 4.79 Å². The summed E-state index contributed by atoms with van der Waals surface area (Å²) < 4.78 is 5.16. The van der Waals surface area contributed by atoms with Crippen LogP contribution in [-0.2, 0) is 9.53 Å². The van der Waals surface area contributed by atoms with E-state index in [0.717, 1.165) is 6.42 Å². The lowest BCUT2D eigenvalue weighted by Crippen LogP contribution is -2.46. The average molecular weight is 234 g/mol. The number of nitrogens with zero attached hydrogens (tertiary/aromatic N) is 1. The fraction of sp³-hybridized carbons (Fsp3) is 0.800. The minimum Gasteiger partial charge on any atom is -0.444 e. The van der Waals surface area contributed by atoms with Crippen molar-refractivity contribution in [1.82, 2.24) is 4.90 Å². The van der Waals surface area contributed by atoms with E-state index in [1.807, 2.05) is 0 Å². The second-order valence-electron chi connectivity index (χ2n) is 4.67. The topological polar surface area (TPSA) is 46.6 Å². The first kappa shape index (κ1) is 12.3. The molecule has 0 spiro atoms. The molecule has 0 aromatic carbocycles. The van der Waals surface area contributed by atoms with Gasteiger partial charge in [-0.2, -0.15) is 0 Å². The predicted molar refractivity (Wildman–Crippen MR) is 56.8 cm³/mol. The number of likely N-dealkylation sites (tertiary alicyclic amines) is 1. The van der Waals surface area contributed by atoms with E-state index in [9.17, 15) is 9.59 Å². The number of hydrogen-bond donors (Lipinski definition) is 0. The van der Waals surface area contributed by atoms with Gasteiger partial charge in [-0.1, -0.05) is 11.6 Å². The molecule has 0 bridgehead atoms. The summed E-state index contributed by atoms with van der Waals surface area (Å²) in [5.74, 6) is 0. The van der Waals surface area contributed by atoms with E-state index in [0.29, 0.717) is 19.3 Å². The van der Waals surface area contributed by atoms with Crippen molar-refractivity contribution in [2.45, 2.75) is 44.2 Å². The van der Waals surface area contributed by atoms with Gasteiger partial charge in [0.1, 0.15) is 5.60 Å². The third-order valence-corrected chi connectivity index (χ3v) is 2.63. The minimum absolute atomic E-state index is 0.469. The lowest BCUT2D eigenvalue weighted by atomic mass is 10.2. The number of alkyl halides is 1. The normalized spacial score (nSPS) is 26.5. The van der Waals surface area contributed by atoms with Crippen LogP contribution >= 0.6 is 11.6 Å². The summed E-state index contributed by atoms with van der Waals surface area (Å²) in [5, 5.41) is 0. The van der Waals surface area contributed by atoms with Gasteiger partial charge in [0.05, 0.1) is 0 Å². The Morgan fingerprint density at radius 2 is 2.13 bits per heavy atom. The van der Waals surface area contributed by atoms with Crippen LogP contribution in [0.15, 0.2) is 0 Å². The van der Waals surface area contributed by atoms with Crippen LogP contribution in [-0.4, -0.2) is 34.4 Å². The van der Waals surface area contributed by atoms with E-state index in [1.54, 1.807) is 20.8 Å². The molecule has 1 amide bonds. The SMILES string of the molecule is CC(C)(C)OC(=O)N1CCCC1(Cl)C=O. The highest BCUT2D eigenvalue weighted by Gasteiger charge is 2.43. The Labute approximate surface area is 94.5 Å². The highest BCUT2D eigenvalue weighted by molar-refractivity contribution is 6.32. The number of carbonyl (C=O) groups is 2. The maximum atomic E-state index is 11.7. The maximum absolute atomic E-state index is 11.7. The number of halogens is 1. The molecule has 0 aliphatic carbocycles. The van der Waals surface area contributed by atoms with Crippen LogP contribution in [0.3, 0.4) is 0 Å². The fourth-order valence-electron chi connectivity index (χ4n) is 1.49. The van der Waals surface area contributed by atoms with Crippen molar-refractivity contribution >= 4 is 24.0 Å². The lowest BCUT2D eigenvalue weighted by molar-refractivity contribution is -0.113. The number of rotatable bonds is 1. The Balaban J connectivity index is 2.72. The van der Waals surface area contributed by atoms with Crippen molar-refractivity contribution in [3.63, 3.8) is 0 Å². The standard InChI is InChI=1S/C10H16ClNO3/c1-9(2,3)15-8(14)12-6-4-5-10(12,11)7-13/h7H,4-6H2,1-3H3. The molecule has 1 atom stereocenters. The van der Waals surface area contributed by atoms with Crippen LogP contribution in [0.5, 0.6) is 0 Å². The summed E-state index contributed by atoms with van der Waals surface area (Å²) in [7, 11) is 0. The van der Waals surface area contributed by atoms with Gasteiger partial charge in [0.25, 0.3) is 0 Å². The summed E-state index contributed by atoms with van der Waals surface area (Å²) in [5.41, 5.74) is -0.569. The molecular weight excluding hydrogens is 218 g/mol. The third-order valence-electron chi connectivity index (χ3n) is 2.15. The molecule has 5 heteroatoms. The molecule has 1 fully saturated rings. The Hall–Kier alpha value is -0.770. The van der Waals surface area contributed by atoms with Gasteiger partial charge < -0.3 is 4.74 Å². The fourth-order valence-corrected chi connectivity index (χ4v) is 1.78. The van der Waals surface area contributed by atoms with Gasteiger partial charge in [0.2, 0.25) is 0 Å². The quantitative estimate of drug-likeness (QED) is 0.396. The van der Waals surface area contributed by atoms with Gasteiger partial charge in [-0.25, -0.2) is 4.79 Å². The van der Waals surface area contributed by atoms with Gasteiger partial charge in [0.15, 0.2) is 11.3 Å². The first-order valence-corrected chi connectivity index (χ1v) is 5.32. The smallest absolute Gasteiger partial charge is 0.412 e. The first-order chi connectivity index (χ1) is 6.78. The molecule has 15 heavy (non-hydrogen) atoms. The molecule has 0 aromatic rings. The van der Waals surface area contributed by atoms with Gasteiger partial charge >= 0.3 is 6.09 Å². The second-order valence-corrected chi connectivity index (χ2v) is 5.33. The Kier molecular flexibility index (Phi) is 3.28. The molecule has 1 unspecified atom stereocenters. The summed E-state index contributed by atoms with van der Waals surface area (Å²) >= 11 is 6.00. The zero-order chi connectivity index (χ0) is 11.7. The monoisotopic (exact) mass is 233 g/mol. The molecule has 0 N–H and O–H groups in total. The molecule has 86 valence electrons. The van der Waals surface area contributed by atoms with Crippen molar-refractivity contribution in [2.24, 2.45) is 0 Å². The van der Waals surface area contributed by atoms with Crippen molar-refractivity contribution in [2.75, 3.05) is 6.54 Å². The summed E-state index contributed by atoms with van der Waals surface area (Å²) in [6, 6.07) is 0. The summed E-state index contributed by atoms with van der Waals surface area (Å²) in [4.78, 5) is 22.6. The maximum Gasteiger partial charge on any atom is 0.412 e. The van der Waals surface area contributed by atoms with Crippen molar-refractivity contribution < 1.29 is 14.3 Å². The molecule has 0 aromatic heterocycles. The molecule has 4 nitrogen and oxygen atoms in total. The van der Waals surface area contributed by atoms with Crippen molar-refractivity contribution in [1.29, 1.82) is 0 Å². The van der Waals surface area contributed by atoms with Gasteiger partial charge in [-0.15, -0.1) is 0 Å². The van der Waals surface area contributed by atoms with Crippen LogP contribution in [0.2, 0.25) is 0 Å². The third kappa shape index (κ3) is 2.84. The number of aldehydes is 1. The molecule has 0 saturated carbocycles. The molecule has 1 aliphatic rings. The predicted octanol–water partition coefficient (Wildman–Crippen LogP) is 2.15. The van der Waals surface area contributed by atoms with Crippen molar-refractivity contribution in [3.05, 3.63) is 0 Å². The molecular formula is C10H16ClNO3. The number of carbonyl (C=O) groups excluding carboxylic acids is 2. The summed E-state index contributed by atoms with van der Waals surface area (Å²) in [6.07, 6.45) is 1.28. The van der Waals surface area contributed by atoms with E-state index in [4.69, 9.17) is 16.3 Å². The highest BCUT2D eigenvalue weighted by Crippen LogP contribution is 2.32. The first-order valence-electron chi connectivity index (χ1n) is 4.94. The average Bonchev–Trinajstić information content (AvgIpc) is 2.45.